The summed E-state index contributed by atoms with van der Waals surface area (Å²) in [4.78, 5) is 7.51. The van der Waals surface area contributed by atoms with E-state index < -0.39 is 45.3 Å². The smallest absolute Gasteiger partial charge is 0.259 e. The van der Waals surface area contributed by atoms with E-state index in [1.54, 1.807) is 0 Å². The molecule has 3 rings (SSSR count). The Morgan fingerprint density at radius 2 is 1.89 bits per heavy atom. The van der Waals surface area contributed by atoms with Gasteiger partial charge in [0, 0.05) is 18.9 Å². The van der Waals surface area contributed by atoms with Crippen molar-refractivity contribution >= 4 is 15.7 Å². The Morgan fingerprint density at radius 1 is 1.22 bits per heavy atom. The molecule has 0 bridgehead atoms. The molecule has 12 heteroatoms. The fourth-order valence-electron chi connectivity index (χ4n) is 2.59. The summed E-state index contributed by atoms with van der Waals surface area (Å²) in [6.45, 7) is 0.759. The molecular weight excluding hydrogens is 390 g/mol. The second-order valence-corrected chi connectivity index (χ2v) is 7.26. The third-order valence-corrected chi connectivity index (χ3v) is 5.48. The first kappa shape index (κ1) is 19.2. The summed E-state index contributed by atoms with van der Waals surface area (Å²) >= 11 is 0. The van der Waals surface area contributed by atoms with Gasteiger partial charge in [0.1, 0.15) is 11.9 Å². The molecule has 0 spiro atoms. The SMILES string of the molecule is CCN(C(c1ccc(F)cc1)C(F)(F)F)S(=O)(=O)c1nc2cnccn2n1. The molecular formula is C15H13F4N5O2S. The number of benzene rings is 1. The minimum absolute atomic E-state index is 0.0671. The number of fused-ring (bicyclic) bond motifs is 1. The van der Waals surface area contributed by atoms with E-state index in [1.807, 2.05) is 0 Å². The van der Waals surface area contributed by atoms with Crippen LogP contribution in [0.25, 0.3) is 5.65 Å². The van der Waals surface area contributed by atoms with Crippen molar-refractivity contribution in [3.63, 3.8) is 0 Å². The highest BCUT2D eigenvalue weighted by atomic mass is 32.2. The molecule has 1 aromatic carbocycles. The van der Waals surface area contributed by atoms with E-state index >= 15 is 0 Å². The van der Waals surface area contributed by atoms with Crippen LogP contribution in [0.4, 0.5) is 17.6 Å². The van der Waals surface area contributed by atoms with Crippen LogP contribution in [0.1, 0.15) is 18.5 Å². The molecule has 0 aliphatic carbocycles. The summed E-state index contributed by atoms with van der Waals surface area (Å²) in [6.07, 6.45) is -1.07. The van der Waals surface area contributed by atoms with Gasteiger partial charge < -0.3 is 0 Å². The van der Waals surface area contributed by atoms with Crippen molar-refractivity contribution in [2.24, 2.45) is 0 Å². The molecule has 7 nitrogen and oxygen atoms in total. The molecule has 3 aromatic rings. The van der Waals surface area contributed by atoms with Crippen molar-refractivity contribution in [3.8, 4) is 0 Å². The molecule has 0 aliphatic rings. The maximum atomic E-state index is 13.7. The third-order valence-electron chi connectivity index (χ3n) is 3.76. The Morgan fingerprint density at radius 3 is 2.44 bits per heavy atom. The molecule has 0 aliphatic heterocycles. The van der Waals surface area contributed by atoms with Crippen LogP contribution >= 0.6 is 0 Å². The van der Waals surface area contributed by atoms with Gasteiger partial charge >= 0.3 is 6.18 Å². The predicted octanol–water partition coefficient (Wildman–Crippen LogP) is 2.58. The van der Waals surface area contributed by atoms with E-state index in [0.29, 0.717) is 0 Å². The molecule has 2 aromatic heterocycles. The highest BCUT2D eigenvalue weighted by Crippen LogP contribution is 2.40. The van der Waals surface area contributed by atoms with Gasteiger partial charge in [0.15, 0.2) is 5.65 Å². The van der Waals surface area contributed by atoms with Gasteiger partial charge in [-0.1, -0.05) is 19.1 Å². The molecule has 1 unspecified atom stereocenters. The average Bonchev–Trinajstić information content (AvgIpc) is 3.04. The Labute approximate surface area is 151 Å². The quantitative estimate of drug-likeness (QED) is 0.612. The largest absolute Gasteiger partial charge is 0.409 e. The average molecular weight is 403 g/mol. The molecule has 0 radical (unpaired) electrons. The summed E-state index contributed by atoms with van der Waals surface area (Å²) in [5.41, 5.74) is -0.350. The van der Waals surface area contributed by atoms with Gasteiger partial charge in [-0.15, -0.1) is 5.10 Å². The van der Waals surface area contributed by atoms with Crippen LogP contribution in [0.2, 0.25) is 0 Å². The minimum atomic E-state index is -4.94. The molecule has 0 saturated carbocycles. The standard InChI is InChI=1S/C15H13F4N5O2S/c1-2-24(13(15(17,18)19)10-3-5-11(16)6-4-10)27(25,26)14-21-12-9-20-7-8-23(12)22-14/h3-9,13H,2H2,1H3. The van der Waals surface area contributed by atoms with Gasteiger partial charge in [-0.05, 0) is 17.7 Å². The first-order valence-electron chi connectivity index (χ1n) is 7.65. The lowest BCUT2D eigenvalue weighted by atomic mass is 10.1. The number of aromatic nitrogens is 4. The Bertz CT molecular complexity index is 1020. The summed E-state index contributed by atoms with van der Waals surface area (Å²) in [7, 11) is -4.70. The van der Waals surface area contributed by atoms with E-state index in [9.17, 15) is 26.0 Å². The molecule has 144 valence electrons. The van der Waals surface area contributed by atoms with E-state index in [1.165, 1.54) is 25.5 Å². The second-order valence-electron chi connectivity index (χ2n) is 5.48. The van der Waals surface area contributed by atoms with Gasteiger partial charge in [-0.2, -0.15) is 22.5 Å². The van der Waals surface area contributed by atoms with E-state index in [-0.39, 0.29) is 9.95 Å². The van der Waals surface area contributed by atoms with Crippen molar-refractivity contribution in [3.05, 3.63) is 54.2 Å². The Balaban J connectivity index is 2.12. The fraction of sp³-hybridized carbons (Fsp3) is 0.267. The van der Waals surface area contributed by atoms with Crippen LogP contribution < -0.4 is 0 Å². The molecule has 27 heavy (non-hydrogen) atoms. The van der Waals surface area contributed by atoms with Crippen LogP contribution in [-0.4, -0.2) is 45.0 Å². The fourth-order valence-corrected chi connectivity index (χ4v) is 4.06. The zero-order valence-corrected chi connectivity index (χ0v) is 14.6. The summed E-state index contributed by atoms with van der Waals surface area (Å²) < 4.78 is 81.4. The lowest BCUT2D eigenvalue weighted by Gasteiger charge is -2.30. The topological polar surface area (TPSA) is 80.5 Å². The van der Waals surface area contributed by atoms with E-state index in [4.69, 9.17) is 0 Å². The Hall–Kier alpha value is -2.60. The lowest BCUT2D eigenvalue weighted by molar-refractivity contribution is -0.173. The maximum absolute atomic E-state index is 13.7. The number of halogens is 4. The van der Waals surface area contributed by atoms with Gasteiger partial charge in [-0.25, -0.2) is 17.3 Å². The van der Waals surface area contributed by atoms with Crippen molar-refractivity contribution in [2.75, 3.05) is 6.54 Å². The molecule has 0 N–H and O–H groups in total. The van der Waals surface area contributed by atoms with Gasteiger partial charge in [0.05, 0.1) is 6.20 Å². The van der Waals surface area contributed by atoms with Crippen LogP contribution in [-0.2, 0) is 10.0 Å². The summed E-state index contributed by atoms with van der Waals surface area (Å²) in [5, 5.41) is 2.95. The number of sulfonamides is 1. The van der Waals surface area contributed by atoms with Crippen molar-refractivity contribution in [1.82, 2.24) is 23.9 Å². The van der Waals surface area contributed by atoms with Gasteiger partial charge in [0.25, 0.3) is 15.2 Å². The minimum Gasteiger partial charge on any atom is -0.259 e. The van der Waals surface area contributed by atoms with Gasteiger partial charge in [0.2, 0.25) is 0 Å². The van der Waals surface area contributed by atoms with Crippen LogP contribution in [0.5, 0.6) is 0 Å². The number of alkyl halides is 3. The molecule has 0 amide bonds. The molecule has 1 atom stereocenters. The van der Waals surface area contributed by atoms with Crippen molar-refractivity contribution < 1.29 is 26.0 Å². The van der Waals surface area contributed by atoms with E-state index in [2.05, 4.69) is 15.1 Å². The van der Waals surface area contributed by atoms with Crippen LogP contribution in [0.3, 0.4) is 0 Å². The van der Waals surface area contributed by atoms with E-state index in [0.717, 1.165) is 28.8 Å². The zero-order chi connectivity index (χ0) is 19.8. The first-order chi connectivity index (χ1) is 12.6. The Kier molecular flexibility index (Phi) is 4.86. The van der Waals surface area contributed by atoms with Crippen molar-refractivity contribution in [2.45, 2.75) is 24.3 Å². The maximum Gasteiger partial charge on any atom is 0.409 e. The highest BCUT2D eigenvalue weighted by Gasteiger charge is 2.49. The van der Waals surface area contributed by atoms with Crippen LogP contribution in [0.15, 0.2) is 48.0 Å². The van der Waals surface area contributed by atoms with Gasteiger partial charge in [-0.3, -0.25) is 4.98 Å². The van der Waals surface area contributed by atoms with Crippen LogP contribution in [0, 0.1) is 5.82 Å². The summed E-state index contributed by atoms with van der Waals surface area (Å²) in [6, 6.07) is 0.949. The monoisotopic (exact) mass is 403 g/mol. The molecule has 2 heterocycles. The summed E-state index contributed by atoms with van der Waals surface area (Å²) in [5.74, 6) is -0.736. The third kappa shape index (κ3) is 3.62. The zero-order valence-electron chi connectivity index (χ0n) is 13.8. The van der Waals surface area contributed by atoms with Crippen molar-refractivity contribution in [1.29, 1.82) is 0 Å². The predicted molar refractivity (Wildman–Crippen MR) is 85.5 cm³/mol. The second kappa shape index (κ2) is 6.85. The molecule has 0 fully saturated rings. The number of rotatable bonds is 5. The number of hydrogen-bond acceptors (Lipinski definition) is 5. The first-order valence-corrected chi connectivity index (χ1v) is 9.09. The lowest BCUT2D eigenvalue weighted by Crippen LogP contribution is -2.42. The molecule has 0 saturated heterocycles. The number of nitrogens with zero attached hydrogens (tertiary/aromatic N) is 5. The highest BCUT2D eigenvalue weighted by molar-refractivity contribution is 7.89. The normalized spacial score (nSPS) is 14.0. The number of hydrogen-bond donors (Lipinski definition) is 0.